The molecule has 4 N–H and O–H groups in total. The number of benzene rings is 2. The van der Waals surface area contributed by atoms with E-state index in [9.17, 15) is 19.5 Å². The van der Waals surface area contributed by atoms with Gasteiger partial charge in [-0.25, -0.2) is 4.79 Å². The molecule has 0 aliphatic carbocycles. The van der Waals surface area contributed by atoms with Crippen molar-refractivity contribution in [1.82, 2.24) is 5.32 Å². The number of nitrogens with one attached hydrogen (secondary N) is 3. The predicted molar refractivity (Wildman–Crippen MR) is 108 cm³/mol. The Morgan fingerprint density at radius 3 is 2.00 bits per heavy atom. The van der Waals surface area contributed by atoms with Crippen molar-refractivity contribution >= 4 is 29.3 Å². The van der Waals surface area contributed by atoms with Crippen LogP contribution in [0.5, 0.6) is 0 Å². The molecule has 0 saturated carbocycles. The summed E-state index contributed by atoms with van der Waals surface area (Å²) in [5.74, 6) is -1.66. The second-order valence-electron chi connectivity index (χ2n) is 6.90. The summed E-state index contributed by atoms with van der Waals surface area (Å²) in [6, 6.07) is 15.0. The molecule has 0 saturated heterocycles. The monoisotopic (exact) mass is 383 g/mol. The van der Waals surface area contributed by atoms with Crippen LogP contribution in [0, 0.1) is 11.8 Å². The van der Waals surface area contributed by atoms with E-state index in [2.05, 4.69) is 16.0 Å². The summed E-state index contributed by atoms with van der Waals surface area (Å²) in [7, 11) is 0. The molecule has 0 fully saturated rings. The largest absolute Gasteiger partial charge is 0.481 e. The van der Waals surface area contributed by atoms with Crippen molar-refractivity contribution in [2.75, 3.05) is 17.2 Å². The fraction of sp³-hybridized carbons (Fsp3) is 0.286. The molecule has 3 amide bonds. The third-order valence-electron chi connectivity index (χ3n) is 4.05. The van der Waals surface area contributed by atoms with Crippen molar-refractivity contribution in [3.8, 4) is 0 Å². The van der Waals surface area contributed by atoms with Crippen LogP contribution in [0.25, 0.3) is 0 Å². The smallest absolute Gasteiger partial charge is 0.323 e. The molecule has 28 heavy (non-hydrogen) atoms. The number of carboxylic acids is 1. The van der Waals surface area contributed by atoms with Crippen LogP contribution in [0.2, 0.25) is 0 Å². The average Bonchev–Trinajstić information content (AvgIpc) is 2.65. The minimum absolute atomic E-state index is 0.0752. The Labute approximate surface area is 164 Å². The Morgan fingerprint density at radius 2 is 1.46 bits per heavy atom. The fourth-order valence-corrected chi connectivity index (χ4v) is 2.68. The van der Waals surface area contributed by atoms with Gasteiger partial charge in [-0.3, -0.25) is 9.59 Å². The minimum Gasteiger partial charge on any atom is -0.481 e. The number of hydrogen-bond acceptors (Lipinski definition) is 3. The Hall–Kier alpha value is -3.35. The zero-order valence-electron chi connectivity index (χ0n) is 15.9. The minimum atomic E-state index is -0.919. The van der Waals surface area contributed by atoms with E-state index >= 15 is 0 Å². The maximum atomic E-state index is 12.2. The lowest BCUT2D eigenvalue weighted by Crippen LogP contribution is -2.33. The number of rotatable bonds is 8. The first-order valence-corrected chi connectivity index (χ1v) is 9.09. The molecular weight excluding hydrogens is 358 g/mol. The predicted octanol–water partition coefficient (Wildman–Crippen LogP) is 3.81. The van der Waals surface area contributed by atoms with E-state index in [1.165, 1.54) is 0 Å². The van der Waals surface area contributed by atoms with Crippen LogP contribution in [-0.2, 0) is 4.79 Å². The van der Waals surface area contributed by atoms with Crippen LogP contribution in [0.15, 0.2) is 54.6 Å². The lowest BCUT2D eigenvalue weighted by molar-refractivity contribution is -0.142. The molecule has 0 heterocycles. The Kier molecular flexibility index (Phi) is 7.56. The molecule has 0 aliphatic heterocycles. The van der Waals surface area contributed by atoms with Crippen molar-refractivity contribution in [3.63, 3.8) is 0 Å². The van der Waals surface area contributed by atoms with Crippen molar-refractivity contribution < 1.29 is 19.5 Å². The second-order valence-corrected chi connectivity index (χ2v) is 6.90. The number of carboxylic acid groups (broad SMARTS) is 1. The van der Waals surface area contributed by atoms with Gasteiger partial charge in [0.15, 0.2) is 0 Å². The number of para-hydroxylation sites is 1. The highest BCUT2D eigenvalue weighted by molar-refractivity contribution is 6.00. The molecule has 7 nitrogen and oxygen atoms in total. The summed E-state index contributed by atoms with van der Waals surface area (Å²) in [5, 5.41) is 17.3. The van der Waals surface area contributed by atoms with Crippen LogP contribution in [0.4, 0.5) is 16.2 Å². The number of aliphatic carboxylic acids is 1. The van der Waals surface area contributed by atoms with Gasteiger partial charge in [-0.05, 0) is 48.7 Å². The SMILES string of the molecule is CC(C)CC(CNC(=O)c1ccc(NC(=O)Nc2ccccc2)cc1)C(=O)O. The van der Waals surface area contributed by atoms with E-state index < -0.39 is 11.9 Å². The molecule has 0 aliphatic rings. The molecule has 0 aromatic heterocycles. The molecule has 1 unspecified atom stereocenters. The van der Waals surface area contributed by atoms with Gasteiger partial charge < -0.3 is 21.1 Å². The van der Waals surface area contributed by atoms with E-state index in [1.54, 1.807) is 36.4 Å². The average molecular weight is 383 g/mol. The number of carbonyl (C=O) groups is 3. The highest BCUT2D eigenvalue weighted by Crippen LogP contribution is 2.13. The van der Waals surface area contributed by atoms with Gasteiger partial charge in [-0.1, -0.05) is 32.0 Å². The molecule has 2 aromatic rings. The highest BCUT2D eigenvalue weighted by Gasteiger charge is 2.20. The van der Waals surface area contributed by atoms with E-state index in [-0.39, 0.29) is 24.4 Å². The molecule has 2 aromatic carbocycles. The summed E-state index contributed by atoms with van der Waals surface area (Å²) in [6.07, 6.45) is 0.495. The summed E-state index contributed by atoms with van der Waals surface area (Å²) in [6.45, 7) is 3.96. The Bertz CT molecular complexity index is 804. The first-order valence-electron chi connectivity index (χ1n) is 9.09. The number of amides is 3. The van der Waals surface area contributed by atoms with Gasteiger partial charge in [-0.15, -0.1) is 0 Å². The third kappa shape index (κ3) is 6.75. The van der Waals surface area contributed by atoms with Crippen LogP contribution in [0.1, 0.15) is 30.6 Å². The zero-order valence-corrected chi connectivity index (χ0v) is 15.9. The van der Waals surface area contributed by atoms with Crippen molar-refractivity contribution in [3.05, 3.63) is 60.2 Å². The van der Waals surface area contributed by atoms with Crippen molar-refractivity contribution in [1.29, 1.82) is 0 Å². The first kappa shape index (κ1) is 21.0. The third-order valence-corrected chi connectivity index (χ3v) is 4.05. The van der Waals surface area contributed by atoms with Crippen molar-refractivity contribution in [2.24, 2.45) is 11.8 Å². The van der Waals surface area contributed by atoms with Crippen LogP contribution >= 0.6 is 0 Å². The normalized spacial score (nSPS) is 11.5. The van der Waals surface area contributed by atoms with Gasteiger partial charge in [0.1, 0.15) is 0 Å². The standard InChI is InChI=1S/C21H25N3O4/c1-14(2)12-16(20(26)27)13-22-19(25)15-8-10-18(11-9-15)24-21(28)23-17-6-4-3-5-7-17/h3-11,14,16H,12-13H2,1-2H3,(H,22,25)(H,26,27)(H2,23,24,28). The van der Waals surface area contributed by atoms with Crippen LogP contribution < -0.4 is 16.0 Å². The number of urea groups is 1. The summed E-state index contributed by atoms with van der Waals surface area (Å²) >= 11 is 0. The molecular formula is C21H25N3O4. The lowest BCUT2D eigenvalue weighted by atomic mass is 9.97. The maximum absolute atomic E-state index is 12.2. The molecule has 2 rings (SSSR count). The molecule has 0 spiro atoms. The quantitative estimate of drug-likeness (QED) is 0.556. The van der Waals surface area contributed by atoms with E-state index in [0.717, 1.165) is 0 Å². The van der Waals surface area contributed by atoms with E-state index in [4.69, 9.17) is 0 Å². The highest BCUT2D eigenvalue weighted by atomic mass is 16.4. The Morgan fingerprint density at radius 1 is 0.893 bits per heavy atom. The van der Waals surface area contributed by atoms with Gasteiger partial charge in [0.2, 0.25) is 0 Å². The summed E-state index contributed by atoms with van der Waals surface area (Å²) in [5.41, 5.74) is 1.60. The van der Waals surface area contributed by atoms with Gasteiger partial charge in [0.25, 0.3) is 5.91 Å². The van der Waals surface area contributed by atoms with Crippen molar-refractivity contribution in [2.45, 2.75) is 20.3 Å². The zero-order chi connectivity index (χ0) is 20.5. The van der Waals surface area contributed by atoms with Crippen LogP contribution in [-0.4, -0.2) is 29.6 Å². The van der Waals surface area contributed by atoms with Gasteiger partial charge in [0.05, 0.1) is 5.92 Å². The molecule has 7 heteroatoms. The topological polar surface area (TPSA) is 108 Å². The summed E-state index contributed by atoms with van der Waals surface area (Å²) in [4.78, 5) is 35.5. The number of anilines is 2. The van der Waals surface area contributed by atoms with E-state index in [1.807, 2.05) is 32.0 Å². The number of hydrogen-bond donors (Lipinski definition) is 4. The Balaban J connectivity index is 1.88. The summed E-state index contributed by atoms with van der Waals surface area (Å²) < 4.78 is 0. The fourth-order valence-electron chi connectivity index (χ4n) is 2.68. The second kappa shape index (κ2) is 10.1. The number of carbonyl (C=O) groups excluding carboxylic acids is 2. The first-order chi connectivity index (χ1) is 13.3. The maximum Gasteiger partial charge on any atom is 0.323 e. The van der Waals surface area contributed by atoms with E-state index in [0.29, 0.717) is 23.4 Å². The molecule has 1 atom stereocenters. The van der Waals surface area contributed by atoms with Gasteiger partial charge in [0, 0.05) is 23.5 Å². The molecule has 148 valence electrons. The molecule has 0 bridgehead atoms. The lowest BCUT2D eigenvalue weighted by Gasteiger charge is -2.15. The van der Waals surface area contributed by atoms with Crippen LogP contribution in [0.3, 0.4) is 0 Å². The molecule has 0 radical (unpaired) electrons. The van der Waals surface area contributed by atoms with Gasteiger partial charge in [-0.2, -0.15) is 0 Å². The van der Waals surface area contributed by atoms with Gasteiger partial charge >= 0.3 is 12.0 Å².